The molecule has 4 atom stereocenters. The summed E-state index contributed by atoms with van der Waals surface area (Å²) >= 11 is 0. The van der Waals surface area contributed by atoms with Crippen LogP contribution in [0.3, 0.4) is 0 Å². The van der Waals surface area contributed by atoms with E-state index in [1.807, 2.05) is 6.92 Å². The molecular weight excluding hydrogens is 152 g/mol. The Balaban J connectivity index is 2.02. The Morgan fingerprint density at radius 2 is 2.08 bits per heavy atom. The first-order valence-electron chi connectivity index (χ1n) is 4.90. The molecule has 0 aromatic heterocycles. The zero-order valence-electron chi connectivity index (χ0n) is 8.08. The van der Waals surface area contributed by atoms with E-state index in [1.165, 1.54) is 0 Å². The highest BCUT2D eigenvalue weighted by Crippen LogP contribution is 2.50. The first-order valence-corrected chi connectivity index (χ1v) is 4.90. The summed E-state index contributed by atoms with van der Waals surface area (Å²) in [5.41, 5.74) is -0.175. The highest BCUT2D eigenvalue weighted by atomic mass is 16.6. The third-order valence-electron chi connectivity index (χ3n) is 3.63. The summed E-state index contributed by atoms with van der Waals surface area (Å²) in [5.74, 6) is 1.33. The Morgan fingerprint density at radius 3 is 2.58 bits per heavy atom. The molecule has 2 nitrogen and oxygen atoms in total. The lowest BCUT2D eigenvalue weighted by Gasteiger charge is -2.29. The third kappa shape index (κ3) is 1.09. The second-order valence-electron chi connectivity index (χ2n) is 4.78. The van der Waals surface area contributed by atoms with E-state index in [0.717, 1.165) is 12.8 Å². The second kappa shape index (κ2) is 2.46. The number of epoxide rings is 1. The van der Waals surface area contributed by atoms with Crippen molar-refractivity contribution in [2.45, 2.75) is 51.4 Å². The summed E-state index contributed by atoms with van der Waals surface area (Å²) in [4.78, 5) is 0. The van der Waals surface area contributed by atoms with E-state index in [4.69, 9.17) is 4.74 Å². The summed E-state index contributed by atoms with van der Waals surface area (Å²) in [7, 11) is 0. The van der Waals surface area contributed by atoms with Gasteiger partial charge in [-0.15, -0.1) is 0 Å². The Morgan fingerprint density at radius 1 is 1.42 bits per heavy atom. The van der Waals surface area contributed by atoms with E-state index >= 15 is 0 Å². The van der Waals surface area contributed by atoms with Crippen molar-refractivity contribution in [3.63, 3.8) is 0 Å². The van der Waals surface area contributed by atoms with Crippen molar-refractivity contribution in [3.8, 4) is 0 Å². The summed E-state index contributed by atoms with van der Waals surface area (Å²) in [5, 5.41) is 9.77. The van der Waals surface area contributed by atoms with Crippen molar-refractivity contribution in [2.24, 2.45) is 11.8 Å². The average molecular weight is 170 g/mol. The zero-order chi connectivity index (χ0) is 8.93. The fourth-order valence-electron chi connectivity index (χ4n) is 2.28. The van der Waals surface area contributed by atoms with Crippen LogP contribution in [0.15, 0.2) is 0 Å². The normalized spacial score (nSPS) is 52.2. The Hall–Kier alpha value is -0.0800. The van der Waals surface area contributed by atoms with Crippen LogP contribution in [0.1, 0.15) is 33.6 Å². The molecule has 0 spiro atoms. The van der Waals surface area contributed by atoms with Gasteiger partial charge in [0.2, 0.25) is 0 Å². The minimum Gasteiger partial charge on any atom is -0.390 e. The Labute approximate surface area is 73.9 Å². The number of ether oxygens (including phenoxy) is 1. The molecule has 1 saturated heterocycles. The summed E-state index contributed by atoms with van der Waals surface area (Å²) in [6.45, 7) is 6.48. The monoisotopic (exact) mass is 170 g/mol. The summed E-state index contributed by atoms with van der Waals surface area (Å²) in [6.07, 6.45) is 2.17. The predicted octanol–water partition coefficient (Wildman–Crippen LogP) is 1.57. The number of rotatable bonds is 1. The van der Waals surface area contributed by atoms with E-state index in [9.17, 15) is 5.11 Å². The molecule has 0 aromatic rings. The second-order valence-corrected chi connectivity index (χ2v) is 4.78. The first-order chi connectivity index (χ1) is 5.54. The minimum atomic E-state index is -0.233. The van der Waals surface area contributed by atoms with E-state index in [1.54, 1.807) is 0 Å². The van der Waals surface area contributed by atoms with E-state index < -0.39 is 0 Å². The van der Waals surface area contributed by atoms with Crippen molar-refractivity contribution in [3.05, 3.63) is 0 Å². The molecule has 1 aliphatic heterocycles. The molecule has 1 heterocycles. The van der Waals surface area contributed by atoms with E-state index in [0.29, 0.717) is 17.9 Å². The van der Waals surface area contributed by atoms with Gasteiger partial charge in [0.15, 0.2) is 0 Å². The van der Waals surface area contributed by atoms with Crippen LogP contribution in [0.2, 0.25) is 0 Å². The van der Waals surface area contributed by atoms with Crippen LogP contribution in [0, 0.1) is 11.8 Å². The summed E-state index contributed by atoms with van der Waals surface area (Å²) < 4.78 is 5.51. The average Bonchev–Trinajstić information content (AvgIpc) is 2.62. The fraction of sp³-hybridized carbons (Fsp3) is 1.00. The molecule has 0 unspecified atom stereocenters. The number of hydrogen-bond acceptors (Lipinski definition) is 2. The molecule has 0 amide bonds. The first kappa shape index (κ1) is 8.52. The molecule has 1 saturated carbocycles. The minimum absolute atomic E-state index is 0.175. The van der Waals surface area contributed by atoms with Gasteiger partial charge in [-0.2, -0.15) is 0 Å². The largest absolute Gasteiger partial charge is 0.390 e. The maximum absolute atomic E-state index is 9.77. The number of aliphatic hydroxyl groups is 1. The van der Waals surface area contributed by atoms with Gasteiger partial charge in [0.05, 0.1) is 12.2 Å². The summed E-state index contributed by atoms with van der Waals surface area (Å²) in [6, 6.07) is 0. The van der Waals surface area contributed by atoms with Gasteiger partial charge in [0, 0.05) is 0 Å². The van der Waals surface area contributed by atoms with Gasteiger partial charge in [0.1, 0.15) is 5.60 Å². The van der Waals surface area contributed by atoms with Crippen molar-refractivity contribution >= 4 is 0 Å². The van der Waals surface area contributed by atoms with Gasteiger partial charge in [-0.05, 0) is 31.6 Å². The standard InChI is InChI=1S/C10H18O2/c1-6(2)7-4-8(11)10(3)9(5-7)12-10/h6-9,11H,4-5H2,1-3H3/t7-,8+,9-,10+/m0/s1. The topological polar surface area (TPSA) is 32.8 Å². The lowest BCUT2D eigenvalue weighted by molar-refractivity contribution is 0.0509. The molecule has 0 bridgehead atoms. The van der Waals surface area contributed by atoms with E-state index in [2.05, 4.69) is 13.8 Å². The van der Waals surface area contributed by atoms with Crippen LogP contribution in [0.5, 0.6) is 0 Å². The molecule has 70 valence electrons. The van der Waals surface area contributed by atoms with Crippen molar-refractivity contribution in [2.75, 3.05) is 0 Å². The molecular formula is C10H18O2. The Kier molecular flexibility index (Phi) is 1.74. The third-order valence-corrected chi connectivity index (χ3v) is 3.63. The number of hydrogen-bond donors (Lipinski definition) is 1. The highest BCUT2D eigenvalue weighted by molar-refractivity contribution is 5.09. The van der Waals surface area contributed by atoms with Gasteiger partial charge in [0.25, 0.3) is 0 Å². The van der Waals surface area contributed by atoms with Crippen LogP contribution >= 0.6 is 0 Å². The van der Waals surface area contributed by atoms with Crippen LogP contribution in [-0.2, 0) is 4.74 Å². The maximum Gasteiger partial charge on any atom is 0.118 e. The maximum atomic E-state index is 9.77. The van der Waals surface area contributed by atoms with Gasteiger partial charge in [-0.25, -0.2) is 0 Å². The van der Waals surface area contributed by atoms with Crippen LogP contribution in [0.4, 0.5) is 0 Å². The molecule has 0 aromatic carbocycles. The van der Waals surface area contributed by atoms with Gasteiger partial charge < -0.3 is 9.84 Å². The number of aliphatic hydroxyl groups excluding tert-OH is 1. The molecule has 2 heteroatoms. The lowest BCUT2D eigenvalue weighted by atomic mass is 9.76. The SMILES string of the molecule is CC(C)[C@H]1C[C@@H](O)[C@@]2(C)O[C@H]2C1. The highest BCUT2D eigenvalue weighted by Gasteiger charge is 2.61. The van der Waals surface area contributed by atoms with Gasteiger partial charge >= 0.3 is 0 Å². The van der Waals surface area contributed by atoms with Crippen LogP contribution < -0.4 is 0 Å². The molecule has 2 fully saturated rings. The Bertz CT molecular complexity index is 190. The molecule has 1 aliphatic carbocycles. The van der Waals surface area contributed by atoms with Crippen LogP contribution in [0.25, 0.3) is 0 Å². The van der Waals surface area contributed by atoms with Gasteiger partial charge in [-0.3, -0.25) is 0 Å². The van der Waals surface area contributed by atoms with Crippen molar-refractivity contribution < 1.29 is 9.84 Å². The molecule has 2 rings (SSSR count). The molecule has 1 N–H and O–H groups in total. The smallest absolute Gasteiger partial charge is 0.118 e. The van der Waals surface area contributed by atoms with Crippen LogP contribution in [-0.4, -0.2) is 22.9 Å². The zero-order valence-corrected chi connectivity index (χ0v) is 8.08. The molecule has 12 heavy (non-hydrogen) atoms. The van der Waals surface area contributed by atoms with Crippen molar-refractivity contribution in [1.29, 1.82) is 0 Å². The lowest BCUT2D eigenvalue weighted by Crippen LogP contribution is -2.37. The molecule has 2 aliphatic rings. The number of fused-ring (bicyclic) bond motifs is 1. The quantitative estimate of drug-likeness (QED) is 0.606. The fourth-order valence-corrected chi connectivity index (χ4v) is 2.28. The van der Waals surface area contributed by atoms with Crippen molar-refractivity contribution in [1.82, 2.24) is 0 Å². The predicted molar refractivity (Wildman–Crippen MR) is 46.8 cm³/mol. The van der Waals surface area contributed by atoms with E-state index in [-0.39, 0.29) is 11.7 Å². The van der Waals surface area contributed by atoms with Gasteiger partial charge in [-0.1, -0.05) is 13.8 Å². The molecule has 0 radical (unpaired) electrons.